The molecule has 8 aromatic carbocycles. The van der Waals surface area contributed by atoms with Crippen LogP contribution in [0.3, 0.4) is 0 Å². The van der Waals surface area contributed by atoms with Crippen LogP contribution in [0.15, 0.2) is 146 Å². The minimum atomic E-state index is 0.659. The first-order valence-electron chi connectivity index (χ1n) is 20.9. The van der Waals surface area contributed by atoms with Gasteiger partial charge in [-0.1, -0.05) is 127 Å². The number of fused-ring (bicyclic) bond motifs is 13. The smallest absolute Gasteiger partial charge is 0.143 e. The minimum absolute atomic E-state index is 0.659. The highest BCUT2D eigenvalue weighted by molar-refractivity contribution is 7.26. The number of benzene rings is 8. The van der Waals surface area contributed by atoms with E-state index in [2.05, 4.69) is 153 Å². The second-order valence-electron chi connectivity index (χ2n) is 16.8. The largest absolute Gasteiger partial charge is 0.243 e. The topological polar surface area (TPSA) is 25.8 Å². The molecule has 4 heteroatoms. The van der Waals surface area contributed by atoms with Crippen LogP contribution in [0.2, 0.25) is 0 Å². The van der Waals surface area contributed by atoms with Crippen LogP contribution in [-0.2, 0) is 19.3 Å². The highest BCUT2D eigenvalue weighted by atomic mass is 32.1. The molecule has 0 unspecified atom stereocenters. The molecule has 2 aliphatic carbocycles. The van der Waals surface area contributed by atoms with Crippen molar-refractivity contribution in [2.45, 2.75) is 39.0 Å². The normalized spacial score (nSPS) is 13.7. The lowest BCUT2D eigenvalue weighted by atomic mass is 9.86. The minimum Gasteiger partial charge on any atom is -0.243 e. The van der Waals surface area contributed by atoms with Gasteiger partial charge in [-0.25, -0.2) is 9.97 Å². The van der Waals surface area contributed by atoms with Crippen LogP contribution in [-0.4, -0.2) is 9.97 Å². The van der Waals surface area contributed by atoms with Gasteiger partial charge in [0.1, 0.15) is 10.3 Å². The van der Waals surface area contributed by atoms with Crippen LogP contribution in [0.4, 0.5) is 0 Å². The van der Waals surface area contributed by atoms with Crippen molar-refractivity contribution in [3.8, 4) is 33.5 Å². The Morgan fingerprint density at radius 2 is 1.34 bits per heavy atom. The van der Waals surface area contributed by atoms with Crippen LogP contribution in [0, 0.1) is 12.8 Å². The first kappa shape index (κ1) is 33.7. The summed E-state index contributed by atoms with van der Waals surface area (Å²) in [4.78, 5) is 12.6. The van der Waals surface area contributed by atoms with Crippen LogP contribution >= 0.6 is 22.7 Å². The molecule has 0 atom stereocenters. The highest BCUT2D eigenvalue weighted by Gasteiger charge is 2.28. The Labute approximate surface area is 350 Å². The average Bonchev–Trinajstić information content (AvgIpc) is 3.71. The van der Waals surface area contributed by atoms with Gasteiger partial charge in [0.15, 0.2) is 0 Å². The average molecular weight is 791 g/mol. The van der Waals surface area contributed by atoms with E-state index in [9.17, 15) is 0 Å². The van der Waals surface area contributed by atoms with Gasteiger partial charge >= 0.3 is 0 Å². The zero-order valence-corrected chi connectivity index (χ0v) is 34.3. The molecule has 2 aliphatic rings. The third-order valence-electron chi connectivity index (χ3n) is 13.1. The molecule has 3 aromatic heterocycles. The van der Waals surface area contributed by atoms with Crippen LogP contribution in [0.25, 0.3) is 95.7 Å². The van der Waals surface area contributed by atoms with Crippen molar-refractivity contribution in [2.75, 3.05) is 0 Å². The first-order valence-corrected chi connectivity index (χ1v) is 22.5. The Balaban J connectivity index is 1.13. The van der Waals surface area contributed by atoms with Crippen molar-refractivity contribution >= 4 is 84.8 Å². The van der Waals surface area contributed by atoms with Crippen molar-refractivity contribution in [1.29, 1.82) is 0 Å². The zero-order chi connectivity index (χ0) is 38.8. The zero-order valence-electron chi connectivity index (χ0n) is 32.7. The predicted molar refractivity (Wildman–Crippen MR) is 252 cm³/mol. The lowest BCUT2D eigenvalue weighted by molar-refractivity contribution is 0.834. The van der Waals surface area contributed by atoms with Crippen LogP contribution in [0.1, 0.15) is 46.4 Å². The predicted octanol–water partition coefficient (Wildman–Crippen LogP) is 15.3. The van der Waals surface area contributed by atoms with Gasteiger partial charge in [-0.05, 0) is 128 Å². The Morgan fingerprint density at radius 1 is 0.593 bits per heavy atom. The second-order valence-corrected chi connectivity index (χ2v) is 18.9. The fraction of sp³-hybridized carbons (Fsp3) is 0.127. The molecule has 0 radical (unpaired) electrons. The van der Waals surface area contributed by atoms with Gasteiger partial charge in [-0.3, -0.25) is 0 Å². The summed E-state index contributed by atoms with van der Waals surface area (Å²) in [6.45, 7) is 2.26. The number of nitrogens with zero attached hydrogens (tertiary/aromatic N) is 2. The van der Waals surface area contributed by atoms with Crippen LogP contribution in [0.5, 0.6) is 0 Å². The molecule has 13 rings (SSSR count). The van der Waals surface area contributed by atoms with Gasteiger partial charge in [0.2, 0.25) is 0 Å². The summed E-state index contributed by atoms with van der Waals surface area (Å²) in [6, 6.07) is 54.4. The van der Waals surface area contributed by atoms with Gasteiger partial charge in [0.25, 0.3) is 0 Å². The van der Waals surface area contributed by atoms with Gasteiger partial charge < -0.3 is 0 Å². The number of rotatable bonds is 6. The fourth-order valence-corrected chi connectivity index (χ4v) is 12.5. The molecule has 2 nitrogen and oxygen atoms in total. The summed E-state index contributed by atoms with van der Waals surface area (Å²) in [5, 5.41) is 9.11. The molecule has 280 valence electrons. The maximum Gasteiger partial charge on any atom is 0.143 e. The number of hydrogen-bond acceptors (Lipinski definition) is 4. The third kappa shape index (κ3) is 5.23. The van der Waals surface area contributed by atoms with Gasteiger partial charge in [0, 0.05) is 42.2 Å². The lowest BCUT2D eigenvalue weighted by Gasteiger charge is -2.19. The maximum atomic E-state index is 5.80. The van der Waals surface area contributed by atoms with Crippen molar-refractivity contribution < 1.29 is 0 Å². The Morgan fingerprint density at radius 3 is 2.22 bits per heavy atom. The quantitative estimate of drug-likeness (QED) is 0.168. The number of aryl methyl sites for hydroxylation is 1. The third-order valence-corrected chi connectivity index (χ3v) is 15.4. The molecular weight excluding hydrogens is 753 g/mol. The lowest BCUT2D eigenvalue weighted by Crippen LogP contribution is -2.03. The van der Waals surface area contributed by atoms with Crippen molar-refractivity contribution in [3.63, 3.8) is 0 Å². The van der Waals surface area contributed by atoms with E-state index >= 15 is 0 Å². The highest BCUT2D eigenvalue weighted by Crippen LogP contribution is 2.50. The fourth-order valence-electron chi connectivity index (χ4n) is 10.2. The molecule has 0 spiro atoms. The molecule has 0 saturated heterocycles. The summed E-state index contributed by atoms with van der Waals surface area (Å²) in [5.74, 6) is 0.826. The van der Waals surface area contributed by atoms with E-state index in [1.54, 1.807) is 11.3 Å². The number of aromatic nitrogens is 2. The summed E-state index contributed by atoms with van der Waals surface area (Å²) in [5.41, 5.74) is 16.3. The molecule has 1 saturated carbocycles. The van der Waals surface area contributed by atoms with E-state index in [1.165, 1.54) is 120 Å². The molecule has 0 amide bonds. The maximum absolute atomic E-state index is 5.80. The summed E-state index contributed by atoms with van der Waals surface area (Å²) >= 11 is 3.73. The second kappa shape index (κ2) is 12.9. The number of hydrogen-bond donors (Lipinski definition) is 0. The summed E-state index contributed by atoms with van der Waals surface area (Å²) in [7, 11) is 0. The molecule has 11 aromatic rings. The van der Waals surface area contributed by atoms with E-state index in [0.29, 0.717) is 6.42 Å². The van der Waals surface area contributed by atoms with E-state index in [4.69, 9.17) is 9.97 Å². The Kier molecular flexibility index (Phi) is 7.38. The molecule has 0 aliphatic heterocycles. The van der Waals surface area contributed by atoms with E-state index in [-0.39, 0.29) is 0 Å². The van der Waals surface area contributed by atoms with Gasteiger partial charge in [-0.2, -0.15) is 0 Å². The number of thiophene rings is 2. The standard InChI is InChI=1S/C55H38N2S2/c1-31-11-2-5-14-36(31)49-40-17-8-9-18-41(40)51-50-38-16-7-3-12-34(38)24-26-48(50)58-54(51)45(49)30-46-52(42-20-10-19-39-37-15-6-4-13-35(37)29-43(39)42)57-53-44-28-33(27-32-21-22-32)23-25-47(44)59-55(53)56-46/h2-20,23-26,28,32H,21-22,27,29-30H2,1H3. The Bertz CT molecular complexity index is 3570. The van der Waals surface area contributed by atoms with E-state index in [1.807, 2.05) is 11.3 Å². The van der Waals surface area contributed by atoms with E-state index < -0.39 is 0 Å². The first-order chi connectivity index (χ1) is 29.1. The summed E-state index contributed by atoms with van der Waals surface area (Å²) in [6.07, 6.45) is 5.40. The summed E-state index contributed by atoms with van der Waals surface area (Å²) < 4.78 is 3.92. The molecule has 59 heavy (non-hydrogen) atoms. The van der Waals surface area contributed by atoms with E-state index in [0.717, 1.165) is 40.5 Å². The molecule has 0 bridgehead atoms. The molecular formula is C55H38N2S2. The van der Waals surface area contributed by atoms with Crippen molar-refractivity contribution in [1.82, 2.24) is 9.97 Å². The van der Waals surface area contributed by atoms with Gasteiger partial charge in [0.05, 0.1) is 11.4 Å². The van der Waals surface area contributed by atoms with Crippen molar-refractivity contribution in [2.24, 2.45) is 5.92 Å². The molecule has 3 heterocycles. The van der Waals surface area contributed by atoms with Crippen LogP contribution < -0.4 is 0 Å². The Hall–Kier alpha value is -6.20. The molecule has 1 fully saturated rings. The SMILES string of the molecule is Cc1ccccc1-c1c(Cc2nc3sc4ccc(CC5CC5)cc4c3nc2-c2cccc3c2Cc2ccccc2-3)c2sc3ccc4ccccc4c3c2c2ccccc12. The van der Waals surface area contributed by atoms with Gasteiger partial charge in [-0.15, -0.1) is 22.7 Å². The van der Waals surface area contributed by atoms with Crippen molar-refractivity contribution in [3.05, 3.63) is 179 Å². The monoisotopic (exact) mass is 790 g/mol. The molecule has 0 N–H and O–H groups in total.